The Morgan fingerprint density at radius 3 is 2.43 bits per heavy atom. The second-order valence-electron chi connectivity index (χ2n) is 7.90. The van der Waals surface area contributed by atoms with Crippen molar-refractivity contribution < 1.29 is 47.0 Å². The summed E-state index contributed by atoms with van der Waals surface area (Å²) < 4.78 is 4.90. The molecule has 0 saturated carbocycles. The van der Waals surface area contributed by atoms with Crippen LogP contribution in [0.1, 0.15) is 53.4 Å². The van der Waals surface area contributed by atoms with Crippen molar-refractivity contribution in [1.82, 2.24) is 0 Å². The number of rotatable bonds is 7. The van der Waals surface area contributed by atoms with E-state index in [1.807, 2.05) is 18.4 Å². The molecule has 1 fully saturated rings. The van der Waals surface area contributed by atoms with Gasteiger partial charge in [-0.3, -0.25) is 4.79 Å². The minimum absolute atomic E-state index is 0. The number of carbonyl (C=O) groups excluding carboxylic acids is 2. The first kappa shape index (κ1) is 25.7. The van der Waals surface area contributed by atoms with Gasteiger partial charge in [-0.05, 0) is 49.1 Å². The molecular weight excluding hydrogens is 490 g/mol. The molecule has 1 aliphatic heterocycles. The summed E-state index contributed by atoms with van der Waals surface area (Å²) in [6.07, 6.45) is 7.94. The normalized spacial score (nSPS) is 16.2. The summed E-state index contributed by atoms with van der Waals surface area (Å²) in [6.45, 7) is 4.06. The van der Waals surface area contributed by atoms with E-state index in [2.05, 4.69) is 36.5 Å². The average Bonchev–Trinajstić information content (AvgIpc) is 3.09. The number of esters is 1. The fourth-order valence-corrected chi connectivity index (χ4v) is 10.8. The molecule has 1 atom stereocenters. The molecule has 3 rings (SSSR count). The van der Waals surface area contributed by atoms with E-state index in [1.54, 1.807) is 0 Å². The summed E-state index contributed by atoms with van der Waals surface area (Å²) in [5.41, 5.74) is 2.90. The fourth-order valence-electron chi connectivity index (χ4n) is 4.54. The largest absolute Gasteiger partial charge is 0.465 e. The molecule has 1 N–H and O–H groups in total. The molecule has 1 radical (unpaired) electrons. The van der Waals surface area contributed by atoms with Crippen LogP contribution < -0.4 is 5.32 Å². The topological polar surface area (TPSA) is 55.4 Å². The van der Waals surface area contributed by atoms with E-state index in [0.717, 1.165) is 18.1 Å². The number of anilines is 1. The molecule has 4 nitrogen and oxygen atoms in total. The number of amides is 1. The number of hydrogen-bond donors (Lipinski definition) is 1. The van der Waals surface area contributed by atoms with E-state index in [1.165, 1.54) is 55.6 Å². The maximum Gasteiger partial charge on any atom is 0.350 e. The van der Waals surface area contributed by atoms with Crippen molar-refractivity contribution in [2.45, 2.75) is 51.4 Å². The minimum atomic E-state index is -1.48. The Kier molecular flexibility index (Phi) is 10.1. The van der Waals surface area contributed by atoms with Gasteiger partial charge in [0, 0.05) is 40.0 Å². The van der Waals surface area contributed by atoms with Gasteiger partial charge >= 0.3 is 5.97 Å². The van der Waals surface area contributed by atoms with Gasteiger partial charge in [0.1, 0.15) is 10.5 Å². The van der Waals surface area contributed by atoms with Crippen LogP contribution in [0.4, 0.5) is 5.69 Å². The number of benzene rings is 1. The van der Waals surface area contributed by atoms with Gasteiger partial charge < -0.3 is 10.1 Å². The van der Waals surface area contributed by atoms with Crippen LogP contribution in [0.2, 0.25) is 0 Å². The van der Waals surface area contributed by atoms with Crippen LogP contribution in [0, 0.1) is 6.92 Å². The number of methoxy groups -OCH3 is 1. The number of nitrogens with one attached hydrogen (secondary N) is 1. The molecule has 0 spiro atoms. The van der Waals surface area contributed by atoms with Crippen molar-refractivity contribution in [3.05, 3.63) is 51.7 Å². The van der Waals surface area contributed by atoms with Crippen molar-refractivity contribution in [2.24, 2.45) is 0 Å². The third kappa shape index (κ3) is 5.79. The van der Waals surface area contributed by atoms with E-state index in [9.17, 15) is 9.59 Å². The molecule has 2 heterocycles. The number of hydrogen-bond acceptors (Lipinski definition) is 4. The predicted octanol–water partition coefficient (Wildman–Crippen LogP) is 5.96. The van der Waals surface area contributed by atoms with Gasteiger partial charge in [-0.25, -0.2) is 4.79 Å². The van der Waals surface area contributed by atoms with Gasteiger partial charge in [0.15, 0.2) is 0 Å². The van der Waals surface area contributed by atoms with Gasteiger partial charge in [-0.15, -0.1) is 11.3 Å². The second-order valence-corrected chi connectivity index (χ2v) is 13.0. The Labute approximate surface area is 209 Å². The van der Waals surface area contributed by atoms with Crippen molar-refractivity contribution >= 4 is 36.2 Å². The van der Waals surface area contributed by atoms with E-state index >= 15 is 0 Å². The first-order valence-corrected chi connectivity index (χ1v) is 13.7. The molecule has 1 aromatic heterocycles. The number of thiophene rings is 1. The zero-order valence-electron chi connectivity index (χ0n) is 18.1. The van der Waals surface area contributed by atoms with Crippen LogP contribution >= 0.6 is 18.6 Å². The zero-order valence-corrected chi connectivity index (χ0v) is 22.7. The van der Waals surface area contributed by atoms with Crippen molar-refractivity contribution in [1.29, 1.82) is 0 Å². The molecule has 1 unspecified atom stereocenters. The Hall–Kier alpha value is -0.606. The maximum absolute atomic E-state index is 13.5. The second kappa shape index (κ2) is 11.9. The Morgan fingerprint density at radius 1 is 1.17 bits per heavy atom. The molecule has 1 aromatic carbocycles. The van der Waals surface area contributed by atoms with Gasteiger partial charge in [-0.2, -0.15) is 0 Å². The van der Waals surface area contributed by atoms with Crippen LogP contribution in [-0.4, -0.2) is 37.0 Å². The Balaban J connectivity index is 0.00000320. The number of carbonyl (C=O) groups is 2. The number of ether oxygens (including phenoxy) is 1. The summed E-state index contributed by atoms with van der Waals surface area (Å²) in [5.74, 6) is -0.316. The zero-order chi connectivity index (χ0) is 20.9. The molecular formula is C23H31NO3PSY+. The van der Waals surface area contributed by atoms with E-state index in [4.69, 9.17) is 4.74 Å². The third-order valence-corrected chi connectivity index (χ3v) is 12.4. The van der Waals surface area contributed by atoms with Crippen molar-refractivity contribution in [3.8, 4) is 0 Å². The Morgan fingerprint density at radius 2 is 1.83 bits per heavy atom. The smallest absolute Gasteiger partial charge is 0.350 e. The number of aryl methyl sites for hydroxylation is 1. The molecule has 0 bridgehead atoms. The molecule has 1 amide bonds. The summed E-state index contributed by atoms with van der Waals surface area (Å²) in [7, 11) is -0.107. The summed E-state index contributed by atoms with van der Waals surface area (Å²) in [5, 5.41) is 5.03. The quantitative estimate of drug-likeness (QED) is 0.362. The molecule has 0 aliphatic carbocycles. The predicted molar refractivity (Wildman–Crippen MR) is 124 cm³/mol. The van der Waals surface area contributed by atoms with E-state index < -0.39 is 13.2 Å². The molecule has 7 heteroatoms. The van der Waals surface area contributed by atoms with Crippen molar-refractivity contribution in [2.75, 3.05) is 24.8 Å². The first-order valence-electron chi connectivity index (χ1n) is 10.4. The maximum atomic E-state index is 13.5. The van der Waals surface area contributed by atoms with Gasteiger partial charge in [0.25, 0.3) is 5.91 Å². The summed E-state index contributed by atoms with van der Waals surface area (Å²) >= 11 is 1.33. The molecule has 30 heavy (non-hydrogen) atoms. The van der Waals surface area contributed by atoms with Crippen LogP contribution in [-0.2, 0) is 48.4 Å². The van der Waals surface area contributed by atoms with Crippen molar-refractivity contribution in [3.63, 3.8) is 0 Å². The van der Waals surface area contributed by atoms with Gasteiger partial charge in [-0.1, -0.05) is 37.3 Å². The molecule has 1 saturated heterocycles. The van der Waals surface area contributed by atoms with Gasteiger partial charge in [0.05, 0.1) is 31.3 Å². The Bertz CT molecular complexity index is 849. The molecule has 159 valence electrons. The third-order valence-electron chi connectivity index (χ3n) is 5.99. The minimum Gasteiger partial charge on any atom is -0.465 e. The fraction of sp³-hybridized carbons (Fsp3) is 0.478. The van der Waals surface area contributed by atoms with Crippen LogP contribution in [0.25, 0.3) is 0 Å². The van der Waals surface area contributed by atoms with E-state index in [0.29, 0.717) is 10.6 Å². The average molecular weight is 521 g/mol. The monoisotopic (exact) mass is 521 g/mol. The van der Waals surface area contributed by atoms with Crippen LogP contribution in [0.3, 0.4) is 0 Å². The standard InChI is InChI=1S/C23H30NO3PS.Y/c1-4-19(22(25)24-20-17(2)16-29-21(20)23(26)27-3)28(13-9-6-10-14-28)15-18-11-7-5-8-12-18;/h5,7-8,11-12,16,19H,4,6,9-10,13-15H2,1-3H3;/p+1. The molecule has 1 aliphatic rings. The van der Waals surface area contributed by atoms with Crippen LogP contribution in [0.5, 0.6) is 0 Å². The molecule has 2 aromatic rings. The van der Waals surface area contributed by atoms with Crippen LogP contribution in [0.15, 0.2) is 35.7 Å². The first-order chi connectivity index (χ1) is 14.0. The van der Waals surface area contributed by atoms with E-state index in [-0.39, 0.29) is 44.3 Å². The van der Waals surface area contributed by atoms with Gasteiger partial charge in [0.2, 0.25) is 0 Å². The summed E-state index contributed by atoms with van der Waals surface area (Å²) in [6, 6.07) is 10.6. The SMILES string of the molecule is CCC(C(=O)Nc1c(C)csc1C(=O)OC)[P+]1(Cc2ccccc2)CCCCC1.[Y]. The summed E-state index contributed by atoms with van der Waals surface area (Å²) in [4.78, 5) is 26.1.